The van der Waals surface area contributed by atoms with Gasteiger partial charge in [-0.1, -0.05) is 30.3 Å². The molecule has 2 aromatic carbocycles. The highest BCUT2D eigenvalue weighted by atomic mass is 16.5. The van der Waals surface area contributed by atoms with Gasteiger partial charge in [-0.2, -0.15) is 0 Å². The van der Waals surface area contributed by atoms with Gasteiger partial charge in [0.15, 0.2) is 0 Å². The van der Waals surface area contributed by atoms with Crippen molar-refractivity contribution in [3.05, 3.63) is 66.1 Å². The van der Waals surface area contributed by atoms with Gasteiger partial charge in [0.25, 0.3) is 0 Å². The lowest BCUT2D eigenvalue weighted by Crippen LogP contribution is -2.21. The van der Waals surface area contributed by atoms with Crippen LogP contribution in [-0.2, 0) is 0 Å². The van der Waals surface area contributed by atoms with Gasteiger partial charge in [0.2, 0.25) is 0 Å². The Morgan fingerprint density at radius 2 is 1.93 bits per heavy atom. The van der Waals surface area contributed by atoms with Gasteiger partial charge in [0.1, 0.15) is 11.5 Å². The molecule has 146 valence electrons. The Morgan fingerprint density at radius 1 is 1.11 bits per heavy atom. The maximum Gasteiger partial charge on any atom is 0.124 e. The quantitative estimate of drug-likeness (QED) is 0.689. The third-order valence-corrected chi connectivity index (χ3v) is 5.34. The summed E-state index contributed by atoms with van der Waals surface area (Å²) < 4.78 is 13.3. The van der Waals surface area contributed by atoms with Crippen LogP contribution in [0.3, 0.4) is 0 Å². The third-order valence-electron chi connectivity index (χ3n) is 5.34. The molecule has 0 amide bonds. The zero-order chi connectivity index (χ0) is 19.5. The molecule has 2 atom stereocenters. The van der Waals surface area contributed by atoms with Gasteiger partial charge in [-0.15, -0.1) is 0 Å². The van der Waals surface area contributed by atoms with E-state index < -0.39 is 0 Å². The van der Waals surface area contributed by atoms with Gasteiger partial charge in [-0.05, 0) is 25.1 Å². The molecule has 28 heavy (non-hydrogen) atoms. The van der Waals surface area contributed by atoms with Gasteiger partial charge in [-0.3, -0.25) is 5.32 Å². The summed E-state index contributed by atoms with van der Waals surface area (Å²) in [4.78, 5) is 4.80. The van der Waals surface area contributed by atoms with E-state index >= 15 is 0 Å². The molecule has 1 aliphatic heterocycles. The van der Waals surface area contributed by atoms with Crippen molar-refractivity contribution in [2.45, 2.75) is 19.0 Å². The molecule has 1 aliphatic rings. The number of hydrogen-bond donors (Lipinski definition) is 2. The molecule has 1 saturated heterocycles. The van der Waals surface area contributed by atoms with Gasteiger partial charge < -0.3 is 19.4 Å². The smallest absolute Gasteiger partial charge is 0.124 e. The number of rotatable bonds is 6. The Labute approximate surface area is 165 Å². The number of methoxy groups -OCH3 is 2. The minimum Gasteiger partial charge on any atom is -0.497 e. The van der Waals surface area contributed by atoms with Gasteiger partial charge in [0.05, 0.1) is 44.0 Å². The molecule has 2 unspecified atom stereocenters. The van der Waals surface area contributed by atoms with Crippen LogP contribution in [0.5, 0.6) is 11.5 Å². The molecule has 0 bridgehead atoms. The summed E-state index contributed by atoms with van der Waals surface area (Å²) in [5.74, 6) is 1.65. The summed E-state index contributed by atoms with van der Waals surface area (Å²) >= 11 is 0. The lowest BCUT2D eigenvalue weighted by Gasteiger charge is -2.23. The van der Waals surface area contributed by atoms with E-state index in [1.807, 2.05) is 42.7 Å². The number of benzene rings is 2. The Hall–Kier alpha value is -2.83. The van der Waals surface area contributed by atoms with Gasteiger partial charge >= 0.3 is 0 Å². The maximum absolute atomic E-state index is 5.63. The first-order chi connectivity index (χ1) is 13.7. The average Bonchev–Trinajstić information content (AvgIpc) is 3.42. The van der Waals surface area contributed by atoms with Crippen LogP contribution in [0.2, 0.25) is 0 Å². The van der Waals surface area contributed by atoms with Crippen LogP contribution in [0.15, 0.2) is 54.9 Å². The predicted octanol–water partition coefficient (Wildman–Crippen LogP) is 3.37. The van der Waals surface area contributed by atoms with Crippen LogP contribution in [0.4, 0.5) is 0 Å². The van der Waals surface area contributed by atoms with E-state index in [0.717, 1.165) is 41.5 Å². The van der Waals surface area contributed by atoms with E-state index in [-0.39, 0.29) is 12.1 Å². The van der Waals surface area contributed by atoms with Crippen LogP contribution in [0, 0.1) is 0 Å². The van der Waals surface area contributed by atoms with E-state index in [2.05, 4.69) is 34.3 Å². The van der Waals surface area contributed by atoms with Crippen molar-refractivity contribution < 1.29 is 9.47 Å². The minimum absolute atomic E-state index is 0.0346. The van der Waals surface area contributed by atoms with Crippen LogP contribution < -0.4 is 20.1 Å². The molecule has 2 N–H and O–H groups in total. The summed E-state index contributed by atoms with van der Waals surface area (Å²) in [6, 6.07) is 16.5. The molecular formula is C22H26N4O2. The van der Waals surface area contributed by atoms with Crippen molar-refractivity contribution in [2.75, 3.05) is 27.4 Å². The molecule has 2 heterocycles. The number of ether oxygens (including phenoxy) is 2. The summed E-state index contributed by atoms with van der Waals surface area (Å²) in [6.07, 6.45) is 1.93. The number of nitrogens with zero attached hydrogens (tertiary/aromatic N) is 2. The number of hydrogen-bond acceptors (Lipinski definition) is 5. The van der Waals surface area contributed by atoms with E-state index in [1.54, 1.807) is 14.2 Å². The predicted molar refractivity (Wildman–Crippen MR) is 110 cm³/mol. The fourth-order valence-corrected chi connectivity index (χ4v) is 3.84. The number of aromatic nitrogens is 2. The lowest BCUT2D eigenvalue weighted by molar-refractivity contribution is 0.392. The molecular weight excluding hydrogens is 352 g/mol. The fourth-order valence-electron chi connectivity index (χ4n) is 3.84. The molecule has 1 aromatic heterocycles. The summed E-state index contributed by atoms with van der Waals surface area (Å²) in [7, 11) is 3.38. The van der Waals surface area contributed by atoms with E-state index in [0.29, 0.717) is 0 Å². The first kappa shape index (κ1) is 18.5. The second-order valence-corrected chi connectivity index (χ2v) is 6.92. The lowest BCUT2D eigenvalue weighted by atomic mass is 10.0. The monoisotopic (exact) mass is 378 g/mol. The zero-order valence-electron chi connectivity index (χ0n) is 16.5. The SMILES string of the molecule is COc1ccc(OC)c(C(C)n2cnc(-c3ccccc3)c2C2CNCN2)c1. The average molecular weight is 378 g/mol. The van der Waals surface area contributed by atoms with Crippen LogP contribution in [0.25, 0.3) is 11.3 Å². The van der Waals surface area contributed by atoms with Crippen LogP contribution >= 0.6 is 0 Å². The molecule has 0 saturated carbocycles. The molecule has 0 spiro atoms. The maximum atomic E-state index is 5.63. The Morgan fingerprint density at radius 3 is 2.61 bits per heavy atom. The Bertz CT molecular complexity index is 933. The third kappa shape index (κ3) is 3.37. The molecule has 6 heteroatoms. The van der Waals surface area contributed by atoms with E-state index in [9.17, 15) is 0 Å². The molecule has 0 radical (unpaired) electrons. The Kier molecular flexibility index (Phi) is 5.32. The first-order valence-corrected chi connectivity index (χ1v) is 9.51. The summed E-state index contributed by atoms with van der Waals surface area (Å²) in [5, 5.41) is 6.93. The van der Waals surface area contributed by atoms with Crippen molar-refractivity contribution in [3.8, 4) is 22.8 Å². The highest BCUT2D eigenvalue weighted by Crippen LogP contribution is 2.36. The Balaban J connectivity index is 1.83. The largest absolute Gasteiger partial charge is 0.497 e. The van der Waals surface area contributed by atoms with Gasteiger partial charge in [0, 0.05) is 24.3 Å². The number of imidazole rings is 1. The summed E-state index contributed by atoms with van der Waals surface area (Å²) in [6.45, 7) is 3.83. The topological polar surface area (TPSA) is 60.3 Å². The van der Waals surface area contributed by atoms with Gasteiger partial charge in [-0.25, -0.2) is 4.98 Å². The number of nitrogens with one attached hydrogen (secondary N) is 2. The molecule has 4 rings (SSSR count). The fraction of sp³-hybridized carbons (Fsp3) is 0.318. The molecule has 0 aliphatic carbocycles. The first-order valence-electron chi connectivity index (χ1n) is 9.51. The van der Waals surface area contributed by atoms with Crippen molar-refractivity contribution >= 4 is 0 Å². The minimum atomic E-state index is 0.0346. The molecule has 3 aromatic rings. The van der Waals surface area contributed by atoms with Crippen molar-refractivity contribution in [1.29, 1.82) is 0 Å². The zero-order valence-corrected chi connectivity index (χ0v) is 16.5. The van der Waals surface area contributed by atoms with Crippen molar-refractivity contribution in [2.24, 2.45) is 0 Å². The standard InChI is InChI=1S/C22H26N4O2/c1-15(18-11-17(27-2)9-10-20(18)28-3)26-14-25-21(16-7-5-4-6-8-16)22(26)19-12-23-13-24-19/h4-11,14-15,19,23-24H,12-13H2,1-3H3. The molecule has 1 fully saturated rings. The molecule has 6 nitrogen and oxygen atoms in total. The van der Waals surface area contributed by atoms with E-state index in [1.165, 1.54) is 5.69 Å². The normalized spacial score (nSPS) is 17.5. The van der Waals surface area contributed by atoms with Crippen molar-refractivity contribution in [3.63, 3.8) is 0 Å². The van der Waals surface area contributed by atoms with E-state index in [4.69, 9.17) is 14.5 Å². The second-order valence-electron chi connectivity index (χ2n) is 6.92. The van der Waals surface area contributed by atoms with Crippen LogP contribution in [-0.4, -0.2) is 37.0 Å². The summed E-state index contributed by atoms with van der Waals surface area (Å²) in [5.41, 5.74) is 4.37. The van der Waals surface area contributed by atoms with Crippen LogP contribution in [0.1, 0.15) is 30.3 Å². The highest BCUT2D eigenvalue weighted by molar-refractivity contribution is 5.63. The second kappa shape index (κ2) is 8.04. The highest BCUT2D eigenvalue weighted by Gasteiger charge is 2.27. The van der Waals surface area contributed by atoms with Crippen molar-refractivity contribution in [1.82, 2.24) is 20.2 Å².